The van der Waals surface area contributed by atoms with Gasteiger partial charge in [-0.1, -0.05) is 12.1 Å². The van der Waals surface area contributed by atoms with E-state index in [2.05, 4.69) is 27.3 Å². The third kappa shape index (κ3) is 5.75. The second-order valence-corrected chi connectivity index (χ2v) is 8.20. The fraction of sp³-hybridized carbons (Fsp3) is 0.850. The van der Waals surface area contributed by atoms with Gasteiger partial charge in [-0.25, -0.2) is 0 Å². The van der Waals surface area contributed by atoms with Gasteiger partial charge in [0.2, 0.25) is 11.8 Å². The minimum atomic E-state index is -0.170. The molecule has 3 rings (SSSR count). The Balaban J connectivity index is 1.46. The van der Waals surface area contributed by atoms with Crippen molar-refractivity contribution in [3.63, 3.8) is 0 Å². The normalized spacial score (nSPS) is 22.0. The molecule has 1 amide bonds. The van der Waals surface area contributed by atoms with Crippen LogP contribution in [0.4, 0.5) is 0 Å². The van der Waals surface area contributed by atoms with Gasteiger partial charge in [-0.15, -0.1) is 0 Å². The minimum Gasteiger partial charge on any atom is -0.374 e. The maximum absolute atomic E-state index is 12.8. The molecule has 3 heterocycles. The van der Waals surface area contributed by atoms with Crippen molar-refractivity contribution < 1.29 is 14.1 Å². The Morgan fingerprint density at radius 1 is 1.25 bits per heavy atom. The van der Waals surface area contributed by atoms with Crippen molar-refractivity contribution in [3.8, 4) is 0 Å². The first-order valence-electron chi connectivity index (χ1n) is 10.6. The van der Waals surface area contributed by atoms with Crippen LogP contribution in [0, 0.1) is 11.8 Å². The number of amides is 1. The Morgan fingerprint density at radius 3 is 2.79 bits per heavy atom. The Bertz CT molecular complexity index is 617. The lowest BCUT2D eigenvalue weighted by atomic mass is 9.84. The molecule has 0 aliphatic carbocycles. The third-order valence-electron chi connectivity index (χ3n) is 6.19. The molecule has 1 aromatic rings. The summed E-state index contributed by atoms with van der Waals surface area (Å²) < 4.78 is 10.6. The maximum Gasteiger partial charge on any atom is 0.240 e. The highest BCUT2D eigenvalue weighted by Crippen LogP contribution is 2.25. The van der Waals surface area contributed by atoms with Crippen LogP contribution in [0.1, 0.15) is 57.3 Å². The first kappa shape index (κ1) is 21.2. The fourth-order valence-electron chi connectivity index (χ4n) is 4.16. The number of nitrogens with zero attached hydrogens (tertiary/aromatic N) is 4. The lowest BCUT2D eigenvalue weighted by Crippen LogP contribution is -2.37. The van der Waals surface area contributed by atoms with Gasteiger partial charge in [0, 0.05) is 39.7 Å². The average Bonchev–Trinajstić information content (AvgIpc) is 3.05. The number of rotatable bonds is 7. The first-order valence-corrected chi connectivity index (χ1v) is 10.6. The zero-order chi connectivity index (χ0) is 19.9. The highest BCUT2D eigenvalue weighted by atomic mass is 16.5. The molecule has 2 atom stereocenters. The SMILES string of the molecule is COC(C)c1noc(CN2CCCN(C(=O)CC(C)C3CCNCC3)CC2)n1. The number of ether oxygens (including phenoxy) is 1. The molecule has 2 fully saturated rings. The van der Waals surface area contributed by atoms with Crippen LogP contribution in [-0.2, 0) is 16.1 Å². The second-order valence-electron chi connectivity index (χ2n) is 8.20. The molecule has 8 heteroatoms. The fourth-order valence-corrected chi connectivity index (χ4v) is 4.16. The van der Waals surface area contributed by atoms with E-state index in [9.17, 15) is 4.79 Å². The van der Waals surface area contributed by atoms with E-state index in [1.54, 1.807) is 7.11 Å². The zero-order valence-electron chi connectivity index (χ0n) is 17.5. The number of piperidine rings is 1. The Kier molecular flexibility index (Phi) is 7.82. The molecule has 2 aliphatic heterocycles. The number of nitrogens with one attached hydrogen (secondary N) is 1. The lowest BCUT2D eigenvalue weighted by molar-refractivity contribution is -0.132. The smallest absolute Gasteiger partial charge is 0.240 e. The monoisotopic (exact) mass is 393 g/mol. The predicted octanol–water partition coefficient (Wildman–Crippen LogP) is 1.84. The molecular weight excluding hydrogens is 358 g/mol. The van der Waals surface area contributed by atoms with Crippen LogP contribution in [0.5, 0.6) is 0 Å². The molecule has 0 radical (unpaired) electrons. The number of carbonyl (C=O) groups excluding carboxylic acids is 1. The van der Waals surface area contributed by atoms with Gasteiger partial charge >= 0.3 is 0 Å². The lowest BCUT2D eigenvalue weighted by Gasteiger charge is -2.30. The summed E-state index contributed by atoms with van der Waals surface area (Å²) in [6.07, 6.45) is 3.86. The van der Waals surface area contributed by atoms with Crippen molar-refractivity contribution in [2.75, 3.05) is 46.4 Å². The van der Waals surface area contributed by atoms with Crippen LogP contribution in [0.2, 0.25) is 0 Å². The zero-order valence-corrected chi connectivity index (χ0v) is 17.5. The number of hydrogen-bond donors (Lipinski definition) is 1. The van der Waals surface area contributed by atoms with Crippen LogP contribution >= 0.6 is 0 Å². The van der Waals surface area contributed by atoms with Gasteiger partial charge in [0.15, 0.2) is 5.82 Å². The summed E-state index contributed by atoms with van der Waals surface area (Å²) in [6.45, 7) is 10.3. The van der Waals surface area contributed by atoms with Crippen molar-refractivity contribution in [2.45, 2.75) is 52.2 Å². The van der Waals surface area contributed by atoms with Gasteiger partial charge in [0.05, 0.1) is 6.54 Å². The van der Waals surface area contributed by atoms with Crippen molar-refractivity contribution in [1.82, 2.24) is 25.3 Å². The summed E-state index contributed by atoms with van der Waals surface area (Å²) in [5.74, 6) is 2.64. The van der Waals surface area contributed by atoms with Crippen LogP contribution < -0.4 is 5.32 Å². The van der Waals surface area contributed by atoms with Crippen LogP contribution in [0.3, 0.4) is 0 Å². The van der Waals surface area contributed by atoms with E-state index in [-0.39, 0.29) is 6.10 Å². The molecule has 0 bridgehead atoms. The topological polar surface area (TPSA) is 83.7 Å². The van der Waals surface area contributed by atoms with Gasteiger partial charge < -0.3 is 19.5 Å². The van der Waals surface area contributed by atoms with E-state index in [0.717, 1.165) is 45.7 Å². The molecule has 1 N–H and O–H groups in total. The predicted molar refractivity (Wildman–Crippen MR) is 106 cm³/mol. The molecule has 158 valence electrons. The molecular formula is C20H35N5O3. The van der Waals surface area contributed by atoms with Crippen molar-refractivity contribution in [3.05, 3.63) is 11.7 Å². The van der Waals surface area contributed by atoms with E-state index in [0.29, 0.717) is 42.4 Å². The molecule has 28 heavy (non-hydrogen) atoms. The molecule has 2 aliphatic rings. The molecule has 2 saturated heterocycles. The van der Waals surface area contributed by atoms with Crippen molar-refractivity contribution in [1.29, 1.82) is 0 Å². The summed E-state index contributed by atoms with van der Waals surface area (Å²) in [5, 5.41) is 7.39. The number of carbonyl (C=O) groups is 1. The first-order chi connectivity index (χ1) is 13.6. The molecule has 0 saturated carbocycles. The van der Waals surface area contributed by atoms with Gasteiger partial charge in [-0.05, 0) is 51.1 Å². The van der Waals surface area contributed by atoms with Crippen molar-refractivity contribution in [2.24, 2.45) is 11.8 Å². The standard InChI is InChI=1S/C20H35N5O3/c1-15(17-5-7-21-8-6-17)13-19(26)25-10-4-9-24(11-12-25)14-18-22-20(23-28-18)16(2)27-3/h15-17,21H,4-14H2,1-3H3. The summed E-state index contributed by atoms with van der Waals surface area (Å²) in [4.78, 5) is 21.6. The maximum atomic E-state index is 12.8. The highest BCUT2D eigenvalue weighted by molar-refractivity contribution is 5.76. The molecule has 0 aromatic carbocycles. The van der Waals surface area contributed by atoms with Crippen LogP contribution in [0.25, 0.3) is 0 Å². The molecule has 1 aromatic heterocycles. The molecule has 2 unspecified atom stereocenters. The van der Waals surface area contributed by atoms with Crippen LogP contribution in [-0.4, -0.2) is 72.2 Å². The summed E-state index contributed by atoms with van der Waals surface area (Å²) in [5.41, 5.74) is 0. The van der Waals surface area contributed by atoms with Gasteiger partial charge in [0.1, 0.15) is 6.10 Å². The minimum absolute atomic E-state index is 0.170. The summed E-state index contributed by atoms with van der Waals surface area (Å²) in [6, 6.07) is 0. The Hall–Kier alpha value is -1.51. The Labute approximate surface area is 168 Å². The molecule has 0 spiro atoms. The number of aromatic nitrogens is 2. The van der Waals surface area contributed by atoms with E-state index in [4.69, 9.17) is 9.26 Å². The second kappa shape index (κ2) is 10.3. The molecule has 8 nitrogen and oxygen atoms in total. The number of hydrogen-bond acceptors (Lipinski definition) is 7. The van der Waals surface area contributed by atoms with Crippen molar-refractivity contribution >= 4 is 5.91 Å². The Morgan fingerprint density at radius 2 is 2.04 bits per heavy atom. The number of methoxy groups -OCH3 is 1. The average molecular weight is 394 g/mol. The van der Waals surface area contributed by atoms with E-state index >= 15 is 0 Å². The van der Waals surface area contributed by atoms with E-state index in [1.165, 1.54) is 12.8 Å². The van der Waals surface area contributed by atoms with Gasteiger partial charge in [0.25, 0.3) is 0 Å². The van der Waals surface area contributed by atoms with E-state index in [1.807, 2.05) is 11.8 Å². The van der Waals surface area contributed by atoms with Crippen LogP contribution in [0.15, 0.2) is 4.52 Å². The van der Waals surface area contributed by atoms with E-state index < -0.39 is 0 Å². The quantitative estimate of drug-likeness (QED) is 0.757. The largest absolute Gasteiger partial charge is 0.374 e. The van der Waals surface area contributed by atoms with Gasteiger partial charge in [-0.3, -0.25) is 9.69 Å². The highest BCUT2D eigenvalue weighted by Gasteiger charge is 2.26. The third-order valence-corrected chi connectivity index (χ3v) is 6.19. The summed E-state index contributed by atoms with van der Waals surface area (Å²) in [7, 11) is 1.63. The van der Waals surface area contributed by atoms with Gasteiger partial charge in [-0.2, -0.15) is 4.98 Å². The summed E-state index contributed by atoms with van der Waals surface area (Å²) >= 11 is 0.